The summed E-state index contributed by atoms with van der Waals surface area (Å²) in [5.41, 5.74) is 7.13. The molecule has 3 heteroatoms. The van der Waals surface area contributed by atoms with Gasteiger partial charge in [0.25, 0.3) is 0 Å². The summed E-state index contributed by atoms with van der Waals surface area (Å²) >= 11 is 1.90. The Kier molecular flexibility index (Phi) is 3.22. The molecule has 2 nitrogen and oxygen atoms in total. The number of aromatic nitrogens is 1. The molecule has 3 rings (SSSR count). The Morgan fingerprint density at radius 3 is 2.82 bits per heavy atom. The van der Waals surface area contributed by atoms with E-state index in [-0.39, 0.29) is 0 Å². The van der Waals surface area contributed by atoms with E-state index in [1.54, 1.807) is 0 Å². The van der Waals surface area contributed by atoms with Crippen LogP contribution in [-0.2, 0) is 13.0 Å². The van der Waals surface area contributed by atoms with Gasteiger partial charge in [-0.1, -0.05) is 19.8 Å². The van der Waals surface area contributed by atoms with Crippen LogP contribution in [0.4, 0.5) is 0 Å². The molecule has 2 aliphatic rings. The molecular weight excluding hydrogens is 228 g/mol. The van der Waals surface area contributed by atoms with Crippen LogP contribution in [0.3, 0.4) is 0 Å². The molecule has 1 aromatic rings. The van der Waals surface area contributed by atoms with Gasteiger partial charge in [0.15, 0.2) is 0 Å². The molecule has 1 heterocycles. The monoisotopic (exact) mass is 250 g/mol. The van der Waals surface area contributed by atoms with Crippen molar-refractivity contribution < 1.29 is 0 Å². The number of nitrogens with two attached hydrogens (primary N) is 1. The number of hydrogen-bond donors (Lipinski definition) is 1. The molecule has 2 fully saturated rings. The summed E-state index contributed by atoms with van der Waals surface area (Å²) in [6, 6.07) is 0. The van der Waals surface area contributed by atoms with E-state index in [9.17, 15) is 0 Å². The summed E-state index contributed by atoms with van der Waals surface area (Å²) in [4.78, 5) is 6.25. The minimum absolute atomic E-state index is 0.674. The van der Waals surface area contributed by atoms with Gasteiger partial charge >= 0.3 is 0 Å². The first kappa shape index (κ1) is 11.7. The third-order valence-corrected chi connectivity index (χ3v) is 5.77. The predicted molar refractivity (Wildman–Crippen MR) is 72.2 cm³/mol. The zero-order valence-electron chi connectivity index (χ0n) is 10.6. The van der Waals surface area contributed by atoms with Crippen LogP contribution in [0, 0.1) is 11.8 Å². The molecule has 3 atom stereocenters. The second-order valence-corrected chi connectivity index (χ2v) is 6.77. The third kappa shape index (κ3) is 2.04. The van der Waals surface area contributed by atoms with Gasteiger partial charge in [0, 0.05) is 17.3 Å². The van der Waals surface area contributed by atoms with Gasteiger partial charge in [0.1, 0.15) is 0 Å². The van der Waals surface area contributed by atoms with Crippen molar-refractivity contribution in [2.45, 2.75) is 57.9 Å². The number of hydrogen-bond acceptors (Lipinski definition) is 3. The average molecular weight is 250 g/mol. The molecule has 0 aliphatic heterocycles. The fraction of sp³-hybridized carbons (Fsp3) is 0.786. The Morgan fingerprint density at radius 1 is 1.35 bits per heavy atom. The zero-order valence-corrected chi connectivity index (χ0v) is 11.4. The number of rotatable bonds is 4. The van der Waals surface area contributed by atoms with Crippen molar-refractivity contribution >= 4 is 11.3 Å². The first-order chi connectivity index (χ1) is 8.31. The van der Waals surface area contributed by atoms with E-state index in [0.29, 0.717) is 6.54 Å². The SMILES string of the molecule is CCCc1nc(C2CC3CCC2C3)sc1CN. The highest BCUT2D eigenvalue weighted by Gasteiger charge is 2.41. The Bertz CT molecular complexity index is 399. The number of fused-ring (bicyclic) bond motifs is 2. The van der Waals surface area contributed by atoms with Crippen LogP contribution in [0.15, 0.2) is 0 Å². The second kappa shape index (κ2) is 4.69. The molecule has 2 saturated carbocycles. The van der Waals surface area contributed by atoms with E-state index in [2.05, 4.69) is 6.92 Å². The minimum atomic E-state index is 0.674. The maximum Gasteiger partial charge on any atom is 0.0965 e. The van der Waals surface area contributed by atoms with Crippen LogP contribution in [0.2, 0.25) is 0 Å². The number of nitrogens with zero attached hydrogens (tertiary/aromatic N) is 1. The lowest BCUT2D eigenvalue weighted by atomic mass is 9.89. The third-order valence-electron chi connectivity index (χ3n) is 4.52. The van der Waals surface area contributed by atoms with Crippen LogP contribution >= 0.6 is 11.3 Å². The Labute approximate surface area is 108 Å². The molecule has 1 aromatic heterocycles. The smallest absolute Gasteiger partial charge is 0.0965 e. The van der Waals surface area contributed by atoms with Gasteiger partial charge in [-0.05, 0) is 37.5 Å². The lowest BCUT2D eigenvalue weighted by molar-refractivity contribution is 0.418. The van der Waals surface area contributed by atoms with Crippen molar-refractivity contribution in [2.75, 3.05) is 0 Å². The van der Waals surface area contributed by atoms with Gasteiger partial charge in [-0.3, -0.25) is 0 Å². The van der Waals surface area contributed by atoms with E-state index in [0.717, 1.165) is 24.2 Å². The first-order valence-corrected chi connectivity index (χ1v) is 7.82. The fourth-order valence-corrected chi connectivity index (χ4v) is 4.90. The van der Waals surface area contributed by atoms with E-state index in [1.807, 2.05) is 11.3 Å². The maximum atomic E-state index is 5.84. The molecule has 2 N–H and O–H groups in total. The molecule has 0 aromatic carbocycles. The van der Waals surface area contributed by atoms with E-state index in [4.69, 9.17) is 10.7 Å². The molecule has 2 aliphatic carbocycles. The molecule has 2 bridgehead atoms. The van der Waals surface area contributed by atoms with Crippen molar-refractivity contribution in [1.29, 1.82) is 0 Å². The normalized spacial score (nSPS) is 31.3. The van der Waals surface area contributed by atoms with Gasteiger partial charge < -0.3 is 5.73 Å². The molecule has 0 saturated heterocycles. The lowest BCUT2D eigenvalue weighted by Crippen LogP contribution is -2.08. The van der Waals surface area contributed by atoms with Crippen molar-refractivity contribution in [3.8, 4) is 0 Å². The van der Waals surface area contributed by atoms with E-state index < -0.39 is 0 Å². The topological polar surface area (TPSA) is 38.9 Å². The predicted octanol–water partition coefficient (Wildman–Crippen LogP) is 3.46. The van der Waals surface area contributed by atoms with Crippen LogP contribution in [0.5, 0.6) is 0 Å². The van der Waals surface area contributed by atoms with Gasteiger partial charge in [-0.25, -0.2) is 4.98 Å². The summed E-state index contributed by atoms with van der Waals surface area (Å²) in [6.45, 7) is 2.89. The molecule has 0 radical (unpaired) electrons. The molecule has 94 valence electrons. The number of thiazole rings is 1. The largest absolute Gasteiger partial charge is 0.326 e. The maximum absolute atomic E-state index is 5.84. The second-order valence-electron chi connectivity index (χ2n) is 5.66. The van der Waals surface area contributed by atoms with Crippen molar-refractivity contribution in [3.05, 3.63) is 15.6 Å². The van der Waals surface area contributed by atoms with Gasteiger partial charge in [0.05, 0.1) is 10.7 Å². The van der Waals surface area contributed by atoms with Gasteiger partial charge in [0.2, 0.25) is 0 Å². The average Bonchev–Trinajstić information content (AvgIpc) is 3.02. The summed E-state index contributed by atoms with van der Waals surface area (Å²) < 4.78 is 0. The van der Waals surface area contributed by atoms with Crippen LogP contribution < -0.4 is 5.73 Å². The molecule has 17 heavy (non-hydrogen) atoms. The summed E-state index contributed by atoms with van der Waals surface area (Å²) in [7, 11) is 0. The highest BCUT2D eigenvalue weighted by Crippen LogP contribution is 2.53. The molecule has 0 spiro atoms. The Morgan fingerprint density at radius 2 is 2.24 bits per heavy atom. The number of aryl methyl sites for hydroxylation is 1. The highest BCUT2D eigenvalue weighted by atomic mass is 32.1. The van der Waals surface area contributed by atoms with Gasteiger partial charge in [-0.15, -0.1) is 11.3 Å². The molecule has 3 unspecified atom stereocenters. The molecule has 0 amide bonds. The zero-order chi connectivity index (χ0) is 11.8. The van der Waals surface area contributed by atoms with E-state index >= 15 is 0 Å². The summed E-state index contributed by atoms with van der Waals surface area (Å²) in [5, 5.41) is 1.40. The Balaban J connectivity index is 1.83. The van der Waals surface area contributed by atoms with Crippen molar-refractivity contribution in [2.24, 2.45) is 17.6 Å². The fourth-order valence-electron chi connectivity index (χ4n) is 3.70. The standard InChI is InChI=1S/C14H22N2S/c1-2-3-12-13(8-15)17-14(16-12)11-7-9-4-5-10(11)6-9/h9-11H,2-8,15H2,1H3. The minimum Gasteiger partial charge on any atom is -0.326 e. The quantitative estimate of drug-likeness (QED) is 0.889. The van der Waals surface area contributed by atoms with Gasteiger partial charge in [-0.2, -0.15) is 0 Å². The summed E-state index contributed by atoms with van der Waals surface area (Å²) in [5.74, 6) is 2.71. The molecular formula is C14H22N2S. The summed E-state index contributed by atoms with van der Waals surface area (Å²) in [6.07, 6.45) is 8.05. The highest BCUT2D eigenvalue weighted by molar-refractivity contribution is 7.11. The van der Waals surface area contributed by atoms with Crippen LogP contribution in [0.25, 0.3) is 0 Å². The van der Waals surface area contributed by atoms with Crippen molar-refractivity contribution in [1.82, 2.24) is 4.98 Å². The lowest BCUT2D eigenvalue weighted by Gasteiger charge is -2.18. The Hall–Kier alpha value is -0.410. The van der Waals surface area contributed by atoms with E-state index in [1.165, 1.54) is 47.7 Å². The van der Waals surface area contributed by atoms with Crippen LogP contribution in [-0.4, -0.2) is 4.98 Å². The van der Waals surface area contributed by atoms with Crippen LogP contribution in [0.1, 0.15) is 60.5 Å². The first-order valence-electron chi connectivity index (χ1n) is 7.00. The van der Waals surface area contributed by atoms with Crippen molar-refractivity contribution in [3.63, 3.8) is 0 Å².